The minimum atomic E-state index is 0.885. The second kappa shape index (κ2) is 4.87. The number of hydrogen-bond acceptors (Lipinski definition) is 2. The second-order valence-corrected chi connectivity index (χ2v) is 5.51. The Bertz CT molecular complexity index is 749. The number of thiazole rings is 1. The minimum absolute atomic E-state index is 0.885. The van der Waals surface area contributed by atoms with Gasteiger partial charge in [0.05, 0.1) is 10.2 Å². The van der Waals surface area contributed by atoms with E-state index in [0.717, 1.165) is 16.1 Å². The summed E-state index contributed by atoms with van der Waals surface area (Å²) in [6.45, 7) is 4.21. The van der Waals surface area contributed by atoms with E-state index in [1.54, 1.807) is 11.3 Å². The summed E-state index contributed by atoms with van der Waals surface area (Å²) in [6, 6.07) is 14.3. The second-order valence-electron chi connectivity index (χ2n) is 4.51. The van der Waals surface area contributed by atoms with Crippen molar-refractivity contribution in [3.63, 3.8) is 0 Å². The average molecular weight is 263 g/mol. The standard InChI is InChI=1S/C17H13NS/c1-12-8-9-13(2)17-16(12)18-15(19-17)11-10-14-6-4-3-5-7-14/h3-9H,1-2H3. The van der Waals surface area contributed by atoms with Gasteiger partial charge in [-0.2, -0.15) is 0 Å². The summed E-state index contributed by atoms with van der Waals surface area (Å²) in [5.74, 6) is 6.32. The average Bonchev–Trinajstić information content (AvgIpc) is 2.87. The van der Waals surface area contributed by atoms with E-state index in [1.165, 1.54) is 15.8 Å². The van der Waals surface area contributed by atoms with Crippen LogP contribution in [0.4, 0.5) is 0 Å². The molecule has 0 saturated heterocycles. The molecule has 2 heteroatoms. The lowest BCUT2D eigenvalue weighted by Crippen LogP contribution is -1.79. The van der Waals surface area contributed by atoms with Crippen LogP contribution in [0.2, 0.25) is 0 Å². The number of nitrogens with zero attached hydrogens (tertiary/aromatic N) is 1. The maximum atomic E-state index is 4.63. The normalized spacial score (nSPS) is 10.2. The Morgan fingerprint density at radius 1 is 0.895 bits per heavy atom. The van der Waals surface area contributed by atoms with Crippen LogP contribution in [0.3, 0.4) is 0 Å². The Labute approximate surface area is 116 Å². The lowest BCUT2D eigenvalue weighted by atomic mass is 10.1. The van der Waals surface area contributed by atoms with Gasteiger partial charge in [-0.1, -0.05) is 36.3 Å². The topological polar surface area (TPSA) is 12.9 Å². The molecular formula is C17H13NS. The molecular weight excluding hydrogens is 250 g/mol. The molecule has 0 bridgehead atoms. The van der Waals surface area contributed by atoms with E-state index < -0.39 is 0 Å². The third-order valence-electron chi connectivity index (χ3n) is 3.03. The highest BCUT2D eigenvalue weighted by Gasteiger charge is 2.06. The Morgan fingerprint density at radius 2 is 1.63 bits per heavy atom. The Kier molecular flexibility index (Phi) is 3.06. The molecule has 0 amide bonds. The van der Waals surface area contributed by atoms with Gasteiger partial charge in [0.1, 0.15) is 0 Å². The molecule has 92 valence electrons. The molecule has 0 fully saturated rings. The monoisotopic (exact) mass is 263 g/mol. The van der Waals surface area contributed by atoms with Crippen LogP contribution in [0.25, 0.3) is 10.2 Å². The van der Waals surface area contributed by atoms with Crippen molar-refractivity contribution in [3.8, 4) is 11.8 Å². The first-order chi connectivity index (χ1) is 9.24. The van der Waals surface area contributed by atoms with Crippen LogP contribution in [-0.2, 0) is 0 Å². The Hall–Kier alpha value is -2.11. The summed E-state index contributed by atoms with van der Waals surface area (Å²) in [5, 5.41) is 0.885. The first-order valence-corrected chi connectivity index (χ1v) is 6.99. The van der Waals surface area contributed by atoms with Crippen molar-refractivity contribution in [2.24, 2.45) is 0 Å². The number of aromatic nitrogens is 1. The van der Waals surface area contributed by atoms with Crippen molar-refractivity contribution in [3.05, 3.63) is 64.2 Å². The summed E-state index contributed by atoms with van der Waals surface area (Å²) in [6.07, 6.45) is 0. The van der Waals surface area contributed by atoms with Crippen molar-refractivity contribution in [2.45, 2.75) is 13.8 Å². The predicted molar refractivity (Wildman–Crippen MR) is 81.5 cm³/mol. The van der Waals surface area contributed by atoms with Crippen LogP contribution in [0, 0.1) is 25.7 Å². The van der Waals surface area contributed by atoms with Gasteiger partial charge in [-0.15, -0.1) is 11.3 Å². The van der Waals surface area contributed by atoms with Crippen molar-refractivity contribution < 1.29 is 0 Å². The molecule has 0 atom stereocenters. The van der Waals surface area contributed by atoms with Gasteiger partial charge < -0.3 is 0 Å². The van der Waals surface area contributed by atoms with Crippen LogP contribution in [0.1, 0.15) is 21.7 Å². The number of fused-ring (bicyclic) bond motifs is 1. The maximum absolute atomic E-state index is 4.63. The van der Waals surface area contributed by atoms with Crippen molar-refractivity contribution >= 4 is 21.6 Å². The largest absolute Gasteiger partial charge is 0.227 e. The summed E-state index contributed by atoms with van der Waals surface area (Å²) in [4.78, 5) is 4.63. The SMILES string of the molecule is Cc1ccc(C)c2sc(C#Cc3ccccc3)nc12. The van der Waals surface area contributed by atoms with Gasteiger partial charge in [-0.25, -0.2) is 4.98 Å². The molecule has 2 aromatic carbocycles. The van der Waals surface area contributed by atoms with Crippen LogP contribution in [0.15, 0.2) is 42.5 Å². The van der Waals surface area contributed by atoms with Crippen molar-refractivity contribution in [1.29, 1.82) is 0 Å². The number of hydrogen-bond donors (Lipinski definition) is 0. The Balaban J connectivity index is 2.06. The molecule has 0 aliphatic heterocycles. The first kappa shape index (κ1) is 12.0. The van der Waals surface area contributed by atoms with Crippen LogP contribution >= 0.6 is 11.3 Å². The smallest absolute Gasteiger partial charge is 0.168 e. The van der Waals surface area contributed by atoms with E-state index in [0.29, 0.717) is 0 Å². The van der Waals surface area contributed by atoms with Gasteiger partial charge in [0, 0.05) is 5.56 Å². The fraction of sp³-hybridized carbons (Fsp3) is 0.118. The minimum Gasteiger partial charge on any atom is -0.227 e. The molecule has 0 aliphatic carbocycles. The molecule has 0 N–H and O–H groups in total. The van der Waals surface area contributed by atoms with Crippen molar-refractivity contribution in [2.75, 3.05) is 0 Å². The lowest BCUT2D eigenvalue weighted by molar-refractivity contribution is 1.38. The zero-order valence-electron chi connectivity index (χ0n) is 10.9. The van der Waals surface area contributed by atoms with E-state index in [4.69, 9.17) is 0 Å². The molecule has 0 unspecified atom stereocenters. The van der Waals surface area contributed by atoms with Crippen LogP contribution in [-0.4, -0.2) is 4.98 Å². The van der Waals surface area contributed by atoms with Gasteiger partial charge in [0.2, 0.25) is 0 Å². The zero-order valence-corrected chi connectivity index (χ0v) is 11.7. The summed E-state index contributed by atoms with van der Waals surface area (Å²) >= 11 is 1.67. The number of aryl methyl sites for hydroxylation is 2. The molecule has 3 aromatic rings. The summed E-state index contributed by atoms with van der Waals surface area (Å²) in [7, 11) is 0. The van der Waals surface area contributed by atoms with Gasteiger partial charge in [0.15, 0.2) is 5.01 Å². The molecule has 0 saturated carbocycles. The molecule has 0 aliphatic rings. The zero-order chi connectivity index (χ0) is 13.2. The maximum Gasteiger partial charge on any atom is 0.168 e. The number of rotatable bonds is 0. The molecule has 1 heterocycles. The third-order valence-corrected chi connectivity index (χ3v) is 4.14. The molecule has 1 aromatic heterocycles. The fourth-order valence-corrected chi connectivity index (χ4v) is 2.92. The highest BCUT2D eigenvalue weighted by atomic mass is 32.1. The van der Waals surface area contributed by atoms with Crippen LogP contribution < -0.4 is 0 Å². The lowest BCUT2D eigenvalue weighted by Gasteiger charge is -1.96. The van der Waals surface area contributed by atoms with Gasteiger partial charge >= 0.3 is 0 Å². The highest BCUT2D eigenvalue weighted by molar-refractivity contribution is 7.19. The van der Waals surface area contributed by atoms with Gasteiger partial charge in [-0.05, 0) is 43.0 Å². The van der Waals surface area contributed by atoms with E-state index in [-0.39, 0.29) is 0 Å². The summed E-state index contributed by atoms with van der Waals surface area (Å²) in [5.41, 5.74) is 4.59. The number of benzene rings is 2. The van der Waals surface area contributed by atoms with Crippen LogP contribution in [0.5, 0.6) is 0 Å². The summed E-state index contributed by atoms with van der Waals surface area (Å²) < 4.78 is 1.25. The first-order valence-electron chi connectivity index (χ1n) is 6.18. The quantitative estimate of drug-likeness (QED) is 0.551. The fourth-order valence-electron chi connectivity index (χ4n) is 1.96. The molecule has 1 nitrogen and oxygen atoms in total. The molecule has 19 heavy (non-hydrogen) atoms. The molecule has 0 radical (unpaired) electrons. The van der Waals surface area contributed by atoms with Gasteiger partial charge in [0.25, 0.3) is 0 Å². The predicted octanol–water partition coefficient (Wildman–Crippen LogP) is 4.31. The third kappa shape index (κ3) is 2.38. The van der Waals surface area contributed by atoms with Gasteiger partial charge in [-0.3, -0.25) is 0 Å². The molecule has 0 spiro atoms. The van der Waals surface area contributed by atoms with E-state index >= 15 is 0 Å². The van der Waals surface area contributed by atoms with E-state index in [9.17, 15) is 0 Å². The van der Waals surface area contributed by atoms with E-state index in [2.05, 4.69) is 42.8 Å². The van der Waals surface area contributed by atoms with E-state index in [1.807, 2.05) is 30.3 Å². The molecule has 3 rings (SSSR count). The Morgan fingerprint density at radius 3 is 2.37 bits per heavy atom. The highest BCUT2D eigenvalue weighted by Crippen LogP contribution is 2.27. The van der Waals surface area contributed by atoms with Crippen molar-refractivity contribution in [1.82, 2.24) is 4.98 Å².